The highest BCUT2D eigenvalue weighted by molar-refractivity contribution is 6.41. The smallest absolute Gasteiger partial charge is 0.0842 e. The third-order valence-corrected chi connectivity index (χ3v) is 5.01. The predicted molar refractivity (Wildman–Crippen MR) is 81.1 cm³/mol. The van der Waals surface area contributed by atoms with Crippen molar-refractivity contribution in [3.63, 3.8) is 0 Å². The number of benzene rings is 1. The van der Waals surface area contributed by atoms with Gasteiger partial charge in [0.1, 0.15) is 15.6 Å². The van der Waals surface area contributed by atoms with E-state index in [0.29, 0.717) is 21.0 Å². The van der Waals surface area contributed by atoms with Gasteiger partial charge in [-0.2, -0.15) is 0 Å². The van der Waals surface area contributed by atoms with E-state index in [9.17, 15) is 0 Å². The molecule has 19 heavy (non-hydrogen) atoms. The van der Waals surface area contributed by atoms with Crippen LogP contribution in [0.3, 0.4) is 0 Å². The Hall–Kier alpha value is -0.310. The molecule has 104 valence electrons. The first-order valence-electron chi connectivity index (χ1n) is 6.25. The van der Waals surface area contributed by atoms with Gasteiger partial charge in [0.2, 0.25) is 0 Å². The predicted octanol–water partition coefficient (Wildman–Crippen LogP) is 5.95. The van der Waals surface area contributed by atoms with E-state index in [2.05, 4.69) is 34.6 Å². The van der Waals surface area contributed by atoms with E-state index in [1.165, 1.54) is 0 Å². The fraction of sp³-hybridized carbons (Fsp3) is 0.571. The minimum atomic E-state index is -0.162. The molecular formula is C14H18Cl3N2+. The third-order valence-electron chi connectivity index (χ3n) is 4.22. The zero-order valence-corrected chi connectivity index (χ0v) is 14.0. The Balaban J connectivity index is 2.66. The normalized spacial score (nSPS) is 24.4. The molecule has 1 aromatic rings. The number of nitrogens with zero attached hydrogens (tertiary/aromatic N) is 2. The molecule has 2 rings (SSSR count). The monoisotopic (exact) mass is 319 g/mol. The first kappa shape index (κ1) is 15.1. The van der Waals surface area contributed by atoms with Crippen LogP contribution in [-0.4, -0.2) is 15.8 Å². The summed E-state index contributed by atoms with van der Waals surface area (Å²) in [6, 6.07) is 3.40. The molecule has 0 N–H and O–H groups in total. The highest BCUT2D eigenvalue weighted by Crippen LogP contribution is 2.47. The second-order valence-corrected chi connectivity index (χ2v) is 7.41. The summed E-state index contributed by atoms with van der Waals surface area (Å²) in [5, 5.41) is 6.38. The van der Waals surface area contributed by atoms with Crippen molar-refractivity contribution in [1.82, 2.24) is 0 Å². The lowest BCUT2D eigenvalue weighted by molar-refractivity contribution is -0.578. The average Bonchev–Trinajstić information content (AvgIpc) is 2.38. The van der Waals surface area contributed by atoms with Gasteiger partial charge in [-0.3, -0.25) is 0 Å². The average molecular weight is 321 g/mol. The number of halogens is 3. The maximum atomic E-state index is 6.31. The van der Waals surface area contributed by atoms with Gasteiger partial charge in [-0.1, -0.05) is 46.4 Å². The van der Waals surface area contributed by atoms with Gasteiger partial charge in [-0.25, -0.2) is 0 Å². The van der Waals surface area contributed by atoms with E-state index in [0.717, 1.165) is 5.69 Å². The largest absolute Gasteiger partial charge is 0.269 e. The van der Waals surface area contributed by atoms with Crippen LogP contribution in [0.15, 0.2) is 17.2 Å². The molecule has 0 bridgehead atoms. The van der Waals surface area contributed by atoms with Gasteiger partial charge < -0.3 is 0 Å². The molecule has 0 aliphatic carbocycles. The van der Waals surface area contributed by atoms with Crippen LogP contribution in [0.2, 0.25) is 15.1 Å². The maximum Gasteiger partial charge on any atom is 0.269 e. The molecule has 1 atom stereocenters. The zero-order valence-electron chi connectivity index (χ0n) is 11.8. The fourth-order valence-corrected chi connectivity index (χ4v) is 3.57. The molecule has 0 fully saturated rings. The van der Waals surface area contributed by atoms with Crippen molar-refractivity contribution in [3.8, 4) is 0 Å². The van der Waals surface area contributed by atoms with Crippen molar-refractivity contribution in [2.24, 2.45) is 11.0 Å². The summed E-state index contributed by atoms with van der Waals surface area (Å²) in [7, 11) is 0. The van der Waals surface area contributed by atoms with Crippen LogP contribution >= 0.6 is 34.8 Å². The van der Waals surface area contributed by atoms with Gasteiger partial charge in [0, 0.05) is 18.9 Å². The second kappa shape index (κ2) is 4.61. The van der Waals surface area contributed by atoms with Crippen molar-refractivity contribution in [3.05, 3.63) is 27.2 Å². The molecule has 1 heterocycles. The Morgan fingerprint density at radius 1 is 1.05 bits per heavy atom. The van der Waals surface area contributed by atoms with Crippen molar-refractivity contribution < 1.29 is 4.70 Å². The SMILES string of the molecule is C[C@@H]1C(C)(C)N=[N+](c2c(Cl)cc(Cl)cc2Cl)C1(C)C. The van der Waals surface area contributed by atoms with E-state index >= 15 is 0 Å². The molecule has 0 saturated heterocycles. The molecule has 0 radical (unpaired) electrons. The molecule has 1 aromatic carbocycles. The van der Waals surface area contributed by atoms with E-state index in [1.807, 2.05) is 4.70 Å². The highest BCUT2D eigenvalue weighted by Gasteiger charge is 2.56. The van der Waals surface area contributed by atoms with Gasteiger partial charge in [0.15, 0.2) is 5.54 Å². The zero-order chi connectivity index (χ0) is 14.6. The summed E-state index contributed by atoms with van der Waals surface area (Å²) in [5.74, 6) is 0.364. The van der Waals surface area contributed by atoms with Crippen LogP contribution in [0.1, 0.15) is 34.6 Å². The van der Waals surface area contributed by atoms with Crippen LogP contribution in [-0.2, 0) is 0 Å². The first-order chi connectivity index (χ1) is 8.57. The number of azo groups is 2. The Morgan fingerprint density at radius 2 is 1.53 bits per heavy atom. The van der Waals surface area contributed by atoms with Gasteiger partial charge in [0.05, 0.1) is 5.92 Å². The molecule has 0 aromatic heterocycles. The maximum absolute atomic E-state index is 6.31. The van der Waals surface area contributed by atoms with Crippen LogP contribution in [0.25, 0.3) is 0 Å². The van der Waals surface area contributed by atoms with Crippen molar-refractivity contribution in [2.45, 2.75) is 45.7 Å². The van der Waals surface area contributed by atoms with Crippen LogP contribution in [0.4, 0.5) is 5.69 Å². The first-order valence-corrected chi connectivity index (χ1v) is 7.38. The lowest BCUT2D eigenvalue weighted by Crippen LogP contribution is -2.40. The molecule has 2 nitrogen and oxygen atoms in total. The fourth-order valence-electron chi connectivity index (χ4n) is 2.60. The standard InChI is InChI=1S/C14H18Cl3N2/c1-8-13(2,3)18-19(14(8,4)5)12-10(16)6-9(15)7-11(12)17/h6-8H,1-5H3/q+1/t8-/m1/s1. The van der Waals surface area contributed by atoms with Gasteiger partial charge in [-0.05, 0) is 31.1 Å². The second-order valence-electron chi connectivity index (χ2n) is 6.16. The van der Waals surface area contributed by atoms with E-state index in [4.69, 9.17) is 39.9 Å². The summed E-state index contributed by atoms with van der Waals surface area (Å²) in [6.45, 7) is 10.7. The minimum Gasteiger partial charge on any atom is -0.0842 e. The minimum absolute atomic E-state index is 0.157. The van der Waals surface area contributed by atoms with Crippen LogP contribution < -0.4 is 0 Å². The quantitative estimate of drug-likeness (QED) is 0.568. The number of hydrogen-bond donors (Lipinski definition) is 0. The van der Waals surface area contributed by atoms with Crippen LogP contribution in [0, 0.1) is 5.92 Å². The summed E-state index contributed by atoms with van der Waals surface area (Å²) in [4.78, 5) is 0. The van der Waals surface area contributed by atoms with E-state index < -0.39 is 0 Å². The third kappa shape index (κ3) is 2.39. The van der Waals surface area contributed by atoms with E-state index in [1.54, 1.807) is 12.1 Å². The molecule has 0 spiro atoms. The molecule has 1 aliphatic rings. The van der Waals surface area contributed by atoms with Gasteiger partial charge >= 0.3 is 0 Å². The van der Waals surface area contributed by atoms with Crippen molar-refractivity contribution in [2.75, 3.05) is 0 Å². The Bertz CT molecular complexity index is 539. The molecule has 0 amide bonds. The number of hydrogen-bond acceptors (Lipinski definition) is 1. The van der Waals surface area contributed by atoms with E-state index in [-0.39, 0.29) is 11.1 Å². The highest BCUT2D eigenvalue weighted by atomic mass is 35.5. The summed E-state index contributed by atoms with van der Waals surface area (Å²) >= 11 is 18.6. The molecule has 5 heteroatoms. The van der Waals surface area contributed by atoms with Crippen molar-refractivity contribution in [1.29, 1.82) is 0 Å². The van der Waals surface area contributed by atoms with Crippen molar-refractivity contribution >= 4 is 40.5 Å². The molecule has 0 saturated carbocycles. The molecular weight excluding hydrogens is 303 g/mol. The van der Waals surface area contributed by atoms with Crippen LogP contribution in [0.5, 0.6) is 0 Å². The lowest BCUT2D eigenvalue weighted by Gasteiger charge is -2.24. The molecule has 0 unspecified atom stereocenters. The lowest BCUT2D eigenvalue weighted by atomic mass is 9.78. The topological polar surface area (TPSA) is 15.4 Å². The Morgan fingerprint density at radius 3 is 1.89 bits per heavy atom. The Labute approximate surface area is 129 Å². The summed E-state index contributed by atoms with van der Waals surface area (Å²) < 4.78 is 1.94. The van der Waals surface area contributed by atoms with Gasteiger partial charge in [-0.15, -0.1) is 0 Å². The summed E-state index contributed by atoms with van der Waals surface area (Å²) in [6.07, 6.45) is 0. The van der Waals surface area contributed by atoms with Gasteiger partial charge in [0.25, 0.3) is 5.69 Å². The molecule has 1 aliphatic heterocycles. The Kier molecular flexibility index (Phi) is 3.66. The number of rotatable bonds is 1. The summed E-state index contributed by atoms with van der Waals surface area (Å²) in [5.41, 5.74) is 0.413.